The first-order valence-electron chi connectivity index (χ1n) is 4.89. The van der Waals surface area contributed by atoms with Gasteiger partial charge in [-0.2, -0.15) is 0 Å². The van der Waals surface area contributed by atoms with Gasteiger partial charge in [-0.1, -0.05) is 23.2 Å². The van der Waals surface area contributed by atoms with E-state index in [1.54, 1.807) is 19.2 Å². The van der Waals surface area contributed by atoms with Crippen molar-refractivity contribution in [2.45, 2.75) is 19.1 Å². The monoisotopic (exact) mass is 263 g/mol. The zero-order valence-corrected chi connectivity index (χ0v) is 10.9. The quantitative estimate of drug-likeness (QED) is 0.878. The number of aliphatic hydroxyl groups excluding tert-OH is 1. The van der Waals surface area contributed by atoms with Crippen LogP contribution in [0.15, 0.2) is 12.1 Å². The summed E-state index contributed by atoms with van der Waals surface area (Å²) in [5, 5.41) is 13.9. The highest BCUT2D eigenvalue weighted by atomic mass is 35.5. The first-order valence-corrected chi connectivity index (χ1v) is 5.65. The molecule has 0 spiro atoms. The molecule has 0 radical (unpaired) electrons. The Labute approximate surface area is 105 Å². The van der Waals surface area contributed by atoms with Gasteiger partial charge >= 0.3 is 0 Å². The molecule has 0 fully saturated rings. The number of aliphatic hydroxyl groups is 1. The second-order valence-electron chi connectivity index (χ2n) is 3.53. The van der Waals surface area contributed by atoms with Crippen molar-refractivity contribution in [1.29, 1.82) is 0 Å². The predicted molar refractivity (Wildman–Crippen MR) is 66.5 cm³/mol. The van der Waals surface area contributed by atoms with Crippen LogP contribution in [0.25, 0.3) is 0 Å². The third-order valence-electron chi connectivity index (χ3n) is 2.49. The van der Waals surface area contributed by atoms with Gasteiger partial charge in [-0.25, -0.2) is 0 Å². The number of likely N-dealkylation sites (N-methyl/N-ethyl adjacent to an activating group) is 1. The van der Waals surface area contributed by atoms with E-state index >= 15 is 0 Å². The summed E-state index contributed by atoms with van der Waals surface area (Å²) >= 11 is 11.9. The predicted octanol–water partition coefficient (Wildman–Crippen LogP) is 2.64. The highest BCUT2D eigenvalue weighted by molar-refractivity contribution is 6.35. The van der Waals surface area contributed by atoms with Gasteiger partial charge in [0.15, 0.2) is 0 Å². The third-order valence-corrected chi connectivity index (χ3v) is 2.99. The van der Waals surface area contributed by atoms with Gasteiger partial charge in [-0.3, -0.25) is 0 Å². The summed E-state index contributed by atoms with van der Waals surface area (Å²) in [5.74, 6) is 0.459. The number of nitrogens with one attached hydrogen (secondary N) is 1. The second kappa shape index (κ2) is 5.73. The average Bonchev–Trinajstić information content (AvgIpc) is 2.26. The molecule has 2 N–H and O–H groups in total. The van der Waals surface area contributed by atoms with Gasteiger partial charge in [0, 0.05) is 16.6 Å². The van der Waals surface area contributed by atoms with Crippen LogP contribution in [-0.4, -0.2) is 25.3 Å². The van der Waals surface area contributed by atoms with Crippen LogP contribution < -0.4 is 10.1 Å². The second-order valence-corrected chi connectivity index (χ2v) is 4.38. The van der Waals surface area contributed by atoms with Gasteiger partial charge in [-0.15, -0.1) is 0 Å². The maximum absolute atomic E-state index is 10.1. The summed E-state index contributed by atoms with van der Waals surface area (Å²) in [6.07, 6.45) is -0.726. The molecule has 0 heterocycles. The van der Waals surface area contributed by atoms with Crippen LogP contribution in [0.5, 0.6) is 5.75 Å². The summed E-state index contributed by atoms with van der Waals surface area (Å²) < 4.78 is 5.17. The summed E-state index contributed by atoms with van der Waals surface area (Å²) in [6, 6.07) is 3.12. The minimum absolute atomic E-state index is 0.122. The topological polar surface area (TPSA) is 41.5 Å². The fourth-order valence-corrected chi connectivity index (χ4v) is 2.03. The number of rotatable bonds is 4. The van der Waals surface area contributed by atoms with Crippen LogP contribution in [-0.2, 0) is 0 Å². The molecule has 0 aliphatic heterocycles. The molecule has 2 atom stereocenters. The Kier molecular flexibility index (Phi) is 4.87. The van der Waals surface area contributed by atoms with E-state index in [1.165, 1.54) is 7.11 Å². The zero-order valence-electron chi connectivity index (χ0n) is 9.42. The number of halogens is 2. The Bertz CT molecular complexity index is 371. The summed E-state index contributed by atoms with van der Waals surface area (Å²) in [5.41, 5.74) is 0.585. The lowest BCUT2D eigenvalue weighted by atomic mass is 10.0. The number of benzene rings is 1. The normalized spacial score (nSPS) is 14.6. The van der Waals surface area contributed by atoms with Crippen LogP contribution in [0.3, 0.4) is 0 Å². The molecule has 1 rings (SSSR count). The van der Waals surface area contributed by atoms with Gasteiger partial charge in [0.1, 0.15) is 5.75 Å². The van der Waals surface area contributed by atoms with Crippen LogP contribution >= 0.6 is 23.2 Å². The molecule has 0 aromatic heterocycles. The minimum atomic E-state index is -0.726. The SMILES string of the molecule is CNC(C)C(O)c1cc(Cl)cc(Cl)c1OC. The van der Waals surface area contributed by atoms with E-state index < -0.39 is 6.10 Å². The smallest absolute Gasteiger partial charge is 0.143 e. The lowest BCUT2D eigenvalue weighted by molar-refractivity contribution is 0.136. The number of ether oxygens (including phenoxy) is 1. The number of hydrogen-bond acceptors (Lipinski definition) is 3. The van der Waals surface area contributed by atoms with E-state index in [2.05, 4.69) is 5.32 Å². The number of hydrogen-bond donors (Lipinski definition) is 2. The van der Waals surface area contributed by atoms with Crippen molar-refractivity contribution < 1.29 is 9.84 Å². The molecule has 0 aliphatic carbocycles. The molecule has 3 nitrogen and oxygen atoms in total. The minimum Gasteiger partial charge on any atom is -0.495 e. The third kappa shape index (κ3) is 2.80. The van der Waals surface area contributed by atoms with Crippen molar-refractivity contribution in [2.75, 3.05) is 14.2 Å². The van der Waals surface area contributed by atoms with Crippen LogP contribution in [0, 0.1) is 0 Å². The van der Waals surface area contributed by atoms with Gasteiger partial charge in [-0.05, 0) is 26.1 Å². The Morgan fingerprint density at radius 3 is 2.50 bits per heavy atom. The highest BCUT2D eigenvalue weighted by Gasteiger charge is 2.21. The molecule has 1 aromatic carbocycles. The zero-order chi connectivity index (χ0) is 12.3. The maximum Gasteiger partial charge on any atom is 0.143 e. The van der Waals surface area contributed by atoms with Crippen LogP contribution in [0.4, 0.5) is 0 Å². The average molecular weight is 264 g/mol. The van der Waals surface area contributed by atoms with Crippen molar-refractivity contribution in [2.24, 2.45) is 0 Å². The van der Waals surface area contributed by atoms with E-state index in [4.69, 9.17) is 27.9 Å². The van der Waals surface area contributed by atoms with E-state index in [0.717, 1.165) is 0 Å². The molecular formula is C11H15Cl2NO2. The summed E-state index contributed by atoms with van der Waals surface area (Å²) in [6.45, 7) is 1.86. The molecule has 2 unspecified atom stereocenters. The Balaban J connectivity index is 3.20. The lowest BCUT2D eigenvalue weighted by Gasteiger charge is -2.21. The Morgan fingerprint density at radius 1 is 1.38 bits per heavy atom. The first kappa shape index (κ1) is 13.6. The Hall–Kier alpha value is -0.480. The van der Waals surface area contributed by atoms with Crippen LogP contribution in [0.1, 0.15) is 18.6 Å². The van der Waals surface area contributed by atoms with Gasteiger partial charge < -0.3 is 15.2 Å². The molecule has 5 heteroatoms. The van der Waals surface area contributed by atoms with Gasteiger partial charge in [0.05, 0.1) is 18.2 Å². The molecule has 1 aromatic rings. The maximum atomic E-state index is 10.1. The standard InChI is InChI=1S/C11H15Cl2NO2/c1-6(14-2)10(15)8-4-7(12)5-9(13)11(8)16-3/h4-6,10,14-15H,1-3H3. The molecule has 0 aliphatic rings. The molecule has 0 amide bonds. The molecule has 0 saturated carbocycles. The van der Waals surface area contributed by atoms with Crippen molar-refractivity contribution in [3.8, 4) is 5.75 Å². The molecule has 90 valence electrons. The molecule has 16 heavy (non-hydrogen) atoms. The van der Waals surface area contributed by atoms with Crippen molar-refractivity contribution in [1.82, 2.24) is 5.32 Å². The fourth-order valence-electron chi connectivity index (χ4n) is 1.44. The van der Waals surface area contributed by atoms with Gasteiger partial charge in [0.25, 0.3) is 0 Å². The first-order chi connectivity index (χ1) is 7.51. The van der Waals surface area contributed by atoms with E-state index in [9.17, 15) is 5.11 Å². The van der Waals surface area contributed by atoms with Crippen molar-refractivity contribution in [3.05, 3.63) is 27.7 Å². The van der Waals surface area contributed by atoms with E-state index in [-0.39, 0.29) is 6.04 Å². The fraction of sp³-hybridized carbons (Fsp3) is 0.455. The molecule has 0 saturated heterocycles. The summed E-state index contributed by atoms with van der Waals surface area (Å²) in [4.78, 5) is 0. The van der Waals surface area contributed by atoms with Crippen molar-refractivity contribution >= 4 is 23.2 Å². The van der Waals surface area contributed by atoms with Crippen LogP contribution in [0.2, 0.25) is 10.0 Å². The van der Waals surface area contributed by atoms with Crippen molar-refractivity contribution in [3.63, 3.8) is 0 Å². The molecular weight excluding hydrogens is 249 g/mol. The number of methoxy groups -OCH3 is 1. The van der Waals surface area contributed by atoms with Gasteiger partial charge in [0.2, 0.25) is 0 Å². The largest absolute Gasteiger partial charge is 0.495 e. The summed E-state index contributed by atoms with van der Waals surface area (Å²) in [7, 11) is 3.28. The Morgan fingerprint density at radius 2 is 2.00 bits per heavy atom. The molecule has 0 bridgehead atoms. The van der Waals surface area contributed by atoms with E-state index in [0.29, 0.717) is 21.4 Å². The highest BCUT2D eigenvalue weighted by Crippen LogP contribution is 2.36. The van der Waals surface area contributed by atoms with E-state index in [1.807, 2.05) is 6.92 Å². The lowest BCUT2D eigenvalue weighted by Crippen LogP contribution is -2.29.